The van der Waals surface area contributed by atoms with E-state index in [1.807, 2.05) is 30.3 Å². The smallest absolute Gasteiger partial charge is 0.347 e. The Morgan fingerprint density at radius 2 is 1.88 bits per heavy atom. The molecular formula is C31H30BrFN2O6. The zero-order valence-corrected chi connectivity index (χ0v) is 24.6. The number of benzene rings is 2. The van der Waals surface area contributed by atoms with Crippen LogP contribution in [0.25, 0.3) is 11.0 Å². The molecule has 1 aliphatic heterocycles. The van der Waals surface area contributed by atoms with Gasteiger partial charge in [-0.25, -0.2) is 9.18 Å². The van der Waals surface area contributed by atoms with Crippen molar-refractivity contribution in [2.45, 2.75) is 52.2 Å². The van der Waals surface area contributed by atoms with Crippen LogP contribution in [0.1, 0.15) is 47.8 Å². The van der Waals surface area contributed by atoms with Gasteiger partial charge in [0.1, 0.15) is 24.0 Å². The molecule has 1 saturated heterocycles. The maximum absolute atomic E-state index is 14.1. The van der Waals surface area contributed by atoms with Crippen LogP contribution in [0.4, 0.5) is 4.39 Å². The maximum Gasteiger partial charge on any atom is 0.347 e. The van der Waals surface area contributed by atoms with Gasteiger partial charge in [0.15, 0.2) is 17.1 Å². The molecule has 214 valence electrons. The number of aromatic nitrogens is 2. The first-order valence-electron chi connectivity index (χ1n) is 13.3. The molecule has 2 aromatic carbocycles. The number of nitrogens with zero attached hydrogens (tertiary/aromatic N) is 2. The third-order valence-corrected chi connectivity index (χ3v) is 7.59. The van der Waals surface area contributed by atoms with Crippen LogP contribution in [0, 0.1) is 5.82 Å². The molecule has 1 fully saturated rings. The largest absolute Gasteiger partial charge is 0.485 e. The van der Waals surface area contributed by atoms with Gasteiger partial charge in [0.2, 0.25) is 0 Å². The third-order valence-electron chi connectivity index (χ3n) is 6.70. The molecule has 0 radical (unpaired) electrons. The number of fused-ring (bicyclic) bond motifs is 1. The number of carbonyl (C=O) groups excluding carboxylic acids is 1. The number of carbonyl (C=O) groups is 1. The Morgan fingerprint density at radius 1 is 1.15 bits per heavy atom. The Balaban J connectivity index is 1.69. The molecule has 0 unspecified atom stereocenters. The monoisotopic (exact) mass is 624 g/mol. The molecule has 41 heavy (non-hydrogen) atoms. The Morgan fingerprint density at radius 3 is 2.54 bits per heavy atom. The third kappa shape index (κ3) is 6.34. The van der Waals surface area contributed by atoms with E-state index in [4.69, 9.17) is 23.9 Å². The zero-order valence-electron chi connectivity index (χ0n) is 23.0. The summed E-state index contributed by atoms with van der Waals surface area (Å²) in [5.41, 5.74) is 2.41. The Bertz CT molecular complexity index is 1620. The quantitative estimate of drug-likeness (QED) is 0.218. The molecule has 4 aromatic rings. The van der Waals surface area contributed by atoms with Crippen LogP contribution in [-0.2, 0) is 33.8 Å². The lowest BCUT2D eigenvalue weighted by atomic mass is 10.0. The van der Waals surface area contributed by atoms with Crippen molar-refractivity contribution in [3.8, 4) is 5.75 Å². The van der Waals surface area contributed by atoms with Crippen molar-refractivity contribution >= 4 is 32.9 Å². The van der Waals surface area contributed by atoms with Gasteiger partial charge in [0, 0.05) is 17.1 Å². The predicted molar refractivity (Wildman–Crippen MR) is 155 cm³/mol. The van der Waals surface area contributed by atoms with Crippen LogP contribution in [-0.4, -0.2) is 40.6 Å². The Labute approximate surface area is 245 Å². The Hall–Kier alpha value is -3.60. The summed E-state index contributed by atoms with van der Waals surface area (Å²) in [5.74, 6) is -1.89. The van der Waals surface area contributed by atoms with Crippen molar-refractivity contribution in [2.75, 3.05) is 13.2 Å². The summed E-state index contributed by atoms with van der Waals surface area (Å²) < 4.78 is 38.8. The van der Waals surface area contributed by atoms with E-state index in [9.17, 15) is 14.0 Å². The first kappa shape index (κ1) is 28.9. The fraction of sp³-hybridized carbons (Fsp3) is 0.323. The minimum Gasteiger partial charge on any atom is -0.485 e. The molecule has 10 heteroatoms. The lowest BCUT2D eigenvalue weighted by Crippen LogP contribution is -2.34. The molecule has 5 rings (SSSR count). The highest BCUT2D eigenvalue weighted by atomic mass is 79.9. The normalized spacial score (nSPS) is 16.2. The summed E-state index contributed by atoms with van der Waals surface area (Å²) in [6, 6.07) is 15.6. The molecule has 0 N–H and O–H groups in total. The molecule has 0 spiro atoms. The molecule has 1 atom stereocenters. The van der Waals surface area contributed by atoms with Crippen LogP contribution in [0.3, 0.4) is 0 Å². The molecule has 0 aliphatic carbocycles. The van der Waals surface area contributed by atoms with Gasteiger partial charge in [-0.3, -0.25) is 9.78 Å². The van der Waals surface area contributed by atoms with E-state index in [0.29, 0.717) is 21.9 Å². The van der Waals surface area contributed by atoms with Gasteiger partial charge < -0.3 is 23.5 Å². The fourth-order valence-corrected chi connectivity index (χ4v) is 5.46. The van der Waals surface area contributed by atoms with Crippen molar-refractivity contribution in [3.05, 3.63) is 104 Å². The number of rotatable bonds is 9. The van der Waals surface area contributed by atoms with E-state index in [0.717, 1.165) is 16.7 Å². The number of ether oxygens (including phenoxy) is 4. The van der Waals surface area contributed by atoms with Crippen LogP contribution in [0.2, 0.25) is 0 Å². The van der Waals surface area contributed by atoms with E-state index in [-0.39, 0.29) is 43.5 Å². The second kappa shape index (κ2) is 12.1. The van der Waals surface area contributed by atoms with Crippen molar-refractivity contribution in [3.63, 3.8) is 0 Å². The molecule has 0 bridgehead atoms. The maximum atomic E-state index is 14.1. The van der Waals surface area contributed by atoms with Gasteiger partial charge in [-0.1, -0.05) is 42.5 Å². The van der Waals surface area contributed by atoms with Crippen molar-refractivity contribution in [1.29, 1.82) is 0 Å². The van der Waals surface area contributed by atoms with Gasteiger partial charge in [0.25, 0.3) is 5.56 Å². The predicted octanol–water partition coefficient (Wildman–Crippen LogP) is 5.80. The topological polar surface area (TPSA) is 88.9 Å². The molecule has 2 aromatic heterocycles. The first-order valence-corrected chi connectivity index (χ1v) is 14.1. The van der Waals surface area contributed by atoms with Crippen LogP contribution < -0.4 is 10.3 Å². The zero-order chi connectivity index (χ0) is 29.1. The minimum atomic E-state index is -0.810. The molecule has 8 nitrogen and oxygen atoms in total. The lowest BCUT2D eigenvalue weighted by molar-refractivity contribution is -0.139. The number of pyridine rings is 2. The average molecular weight is 625 g/mol. The van der Waals surface area contributed by atoms with Gasteiger partial charge in [-0.2, -0.15) is 0 Å². The van der Waals surface area contributed by atoms with Gasteiger partial charge in [-0.15, -0.1) is 0 Å². The molecule has 0 amide bonds. The first-order chi connectivity index (χ1) is 19.7. The van der Waals surface area contributed by atoms with E-state index in [2.05, 4.69) is 15.9 Å². The molecule has 0 saturated carbocycles. The van der Waals surface area contributed by atoms with E-state index in [1.165, 1.54) is 16.7 Å². The average Bonchev–Trinajstić information content (AvgIpc) is 3.30. The lowest BCUT2D eigenvalue weighted by Gasteiger charge is -2.22. The van der Waals surface area contributed by atoms with Gasteiger partial charge in [-0.05, 0) is 65.5 Å². The second-order valence-corrected chi connectivity index (χ2v) is 11.0. The van der Waals surface area contributed by atoms with Gasteiger partial charge >= 0.3 is 5.97 Å². The number of hydrogen-bond donors (Lipinski definition) is 0. The van der Waals surface area contributed by atoms with E-state index < -0.39 is 23.4 Å². The standard InChI is InChI=1S/C31H30BrFN2O6/c1-4-38-30(37)24-28(39-17-20-8-6-5-7-9-20)26-27(35(29(24)36)16-23-18-40-31(2,3)41-23)25(32)21(15-34-26)14-19-10-12-22(33)13-11-19/h5-13,15,23H,4,14,16-18H2,1-3H3/t23-/m0/s1. The van der Waals surface area contributed by atoms with Gasteiger partial charge in [0.05, 0.1) is 25.3 Å². The highest BCUT2D eigenvalue weighted by Gasteiger charge is 2.35. The fourth-order valence-electron chi connectivity index (χ4n) is 4.81. The highest BCUT2D eigenvalue weighted by Crippen LogP contribution is 2.35. The highest BCUT2D eigenvalue weighted by molar-refractivity contribution is 9.10. The van der Waals surface area contributed by atoms with E-state index >= 15 is 0 Å². The SMILES string of the molecule is CCOC(=O)c1c(OCc2ccccc2)c2ncc(Cc3ccc(F)cc3)c(Br)c2n(C[C@H]2COC(C)(C)O2)c1=O. The van der Waals surface area contributed by atoms with Crippen molar-refractivity contribution in [1.82, 2.24) is 9.55 Å². The molecule has 3 heterocycles. The number of halogens is 2. The summed E-state index contributed by atoms with van der Waals surface area (Å²) in [5, 5.41) is 0. The Kier molecular flexibility index (Phi) is 8.53. The summed E-state index contributed by atoms with van der Waals surface area (Å²) in [6.07, 6.45) is 1.63. The van der Waals surface area contributed by atoms with Crippen LogP contribution in [0.15, 0.2) is 70.1 Å². The summed E-state index contributed by atoms with van der Waals surface area (Å²) in [4.78, 5) is 32.1. The van der Waals surface area contributed by atoms with Crippen molar-refractivity contribution < 1.29 is 28.1 Å². The molecular weight excluding hydrogens is 595 g/mol. The number of hydrogen-bond acceptors (Lipinski definition) is 7. The second-order valence-electron chi connectivity index (χ2n) is 10.2. The summed E-state index contributed by atoms with van der Waals surface area (Å²) in [6.45, 7) is 5.83. The van der Waals surface area contributed by atoms with E-state index in [1.54, 1.807) is 39.1 Å². The van der Waals surface area contributed by atoms with Crippen LogP contribution in [0.5, 0.6) is 5.75 Å². The summed E-state index contributed by atoms with van der Waals surface area (Å²) >= 11 is 3.72. The summed E-state index contributed by atoms with van der Waals surface area (Å²) in [7, 11) is 0. The van der Waals surface area contributed by atoms with Crippen LogP contribution >= 0.6 is 15.9 Å². The van der Waals surface area contributed by atoms with Crippen molar-refractivity contribution in [2.24, 2.45) is 0 Å². The number of esters is 1. The molecule has 1 aliphatic rings. The minimum absolute atomic E-state index is 0.0431.